The average Bonchev–Trinajstić information content (AvgIpc) is 3.04. The Balaban J connectivity index is 1.74. The third-order valence-electron chi connectivity index (χ3n) is 6.41. The molecule has 1 aliphatic carbocycles. The van der Waals surface area contributed by atoms with Crippen LogP contribution >= 0.6 is 11.3 Å². The van der Waals surface area contributed by atoms with Gasteiger partial charge in [-0.25, -0.2) is 4.79 Å². The molecule has 3 amide bonds. The van der Waals surface area contributed by atoms with Gasteiger partial charge in [0.2, 0.25) is 5.91 Å². The zero-order valence-electron chi connectivity index (χ0n) is 18.2. The van der Waals surface area contributed by atoms with E-state index in [0.717, 1.165) is 44.1 Å². The van der Waals surface area contributed by atoms with E-state index >= 15 is 0 Å². The Hall–Kier alpha value is -2.11. The van der Waals surface area contributed by atoms with Crippen LogP contribution in [-0.4, -0.2) is 54.5 Å². The lowest BCUT2D eigenvalue weighted by molar-refractivity contribution is -0.136. The number of piperidine rings is 1. The van der Waals surface area contributed by atoms with Crippen LogP contribution in [0, 0.1) is 23.2 Å². The molecule has 1 aromatic rings. The standard InChI is InChI=1S/C22H33N5O2S/c1-4-6-7-25-22(29)27(8-5-2)21(28)15-9-14-10-16-17(12-23)20(24)30-19(16)11-18(14)26(3)13-15/h14-15,18H,4-11,13,24H2,1-3H3,(H,25,29)/t14-,15-,18-/m1/s1. The molecule has 2 heterocycles. The summed E-state index contributed by atoms with van der Waals surface area (Å²) in [5.41, 5.74) is 7.76. The second kappa shape index (κ2) is 9.80. The number of carbonyl (C=O) groups is 2. The number of rotatable bonds is 6. The number of nitrogens with two attached hydrogens (primary N) is 1. The number of thiophene rings is 1. The van der Waals surface area contributed by atoms with Crippen molar-refractivity contribution < 1.29 is 9.59 Å². The molecule has 0 aromatic carbocycles. The fourth-order valence-corrected chi connectivity index (χ4v) is 5.97. The minimum absolute atomic E-state index is 0.0766. The Morgan fingerprint density at radius 3 is 2.77 bits per heavy atom. The number of nitrogens with one attached hydrogen (secondary N) is 1. The second-order valence-electron chi connectivity index (χ2n) is 8.54. The van der Waals surface area contributed by atoms with E-state index in [0.29, 0.717) is 36.2 Å². The number of imide groups is 1. The van der Waals surface area contributed by atoms with Gasteiger partial charge in [-0.05, 0) is 50.6 Å². The number of anilines is 1. The molecule has 8 heteroatoms. The van der Waals surface area contributed by atoms with Crippen molar-refractivity contribution in [2.45, 2.75) is 58.4 Å². The summed E-state index contributed by atoms with van der Waals surface area (Å²) in [4.78, 5) is 30.8. The van der Waals surface area contributed by atoms with E-state index in [2.05, 4.69) is 30.3 Å². The largest absolute Gasteiger partial charge is 0.389 e. The van der Waals surface area contributed by atoms with E-state index in [1.54, 1.807) is 0 Å². The first kappa shape index (κ1) is 22.6. The van der Waals surface area contributed by atoms with E-state index in [1.807, 2.05) is 6.92 Å². The summed E-state index contributed by atoms with van der Waals surface area (Å²) in [7, 11) is 2.07. The summed E-state index contributed by atoms with van der Waals surface area (Å²) in [6.07, 6.45) is 5.05. The lowest BCUT2D eigenvalue weighted by Crippen LogP contribution is -2.55. The molecule has 0 saturated carbocycles. The Bertz CT molecular complexity index is 830. The highest BCUT2D eigenvalue weighted by Crippen LogP contribution is 2.42. The van der Waals surface area contributed by atoms with Crippen LogP contribution in [0.1, 0.15) is 55.5 Å². The van der Waals surface area contributed by atoms with Crippen LogP contribution in [-0.2, 0) is 17.6 Å². The minimum atomic E-state index is -0.275. The predicted molar refractivity (Wildman–Crippen MR) is 119 cm³/mol. The molecule has 164 valence electrons. The molecule has 1 saturated heterocycles. The molecular weight excluding hydrogens is 398 g/mol. The van der Waals surface area contributed by atoms with Crippen molar-refractivity contribution >= 4 is 28.3 Å². The van der Waals surface area contributed by atoms with E-state index in [9.17, 15) is 14.9 Å². The highest BCUT2D eigenvalue weighted by Gasteiger charge is 2.43. The van der Waals surface area contributed by atoms with Crippen molar-refractivity contribution in [2.75, 3.05) is 32.4 Å². The summed E-state index contributed by atoms with van der Waals surface area (Å²) in [6, 6.07) is 2.34. The van der Waals surface area contributed by atoms with Crippen LogP contribution in [0.4, 0.5) is 9.80 Å². The molecule has 7 nitrogen and oxygen atoms in total. The lowest BCUT2D eigenvalue weighted by Gasteiger charge is -2.45. The van der Waals surface area contributed by atoms with Crippen molar-refractivity contribution in [3.05, 3.63) is 16.0 Å². The smallest absolute Gasteiger partial charge is 0.324 e. The Morgan fingerprint density at radius 2 is 2.10 bits per heavy atom. The van der Waals surface area contributed by atoms with Gasteiger partial charge in [0.25, 0.3) is 0 Å². The number of likely N-dealkylation sites (tertiary alicyclic amines) is 1. The molecule has 30 heavy (non-hydrogen) atoms. The monoisotopic (exact) mass is 431 g/mol. The minimum Gasteiger partial charge on any atom is -0.389 e. The van der Waals surface area contributed by atoms with Crippen LogP contribution in [0.3, 0.4) is 0 Å². The molecule has 2 aliphatic rings. The van der Waals surface area contributed by atoms with E-state index in [1.165, 1.54) is 21.1 Å². The quantitative estimate of drug-likeness (QED) is 0.674. The summed E-state index contributed by atoms with van der Waals surface area (Å²) in [5.74, 6) is 0.00741. The van der Waals surface area contributed by atoms with Crippen molar-refractivity contribution in [2.24, 2.45) is 11.8 Å². The molecule has 3 rings (SSSR count). The second-order valence-corrected chi connectivity index (χ2v) is 9.67. The van der Waals surface area contributed by atoms with Crippen LogP contribution in [0.5, 0.6) is 0 Å². The lowest BCUT2D eigenvalue weighted by atomic mass is 9.74. The Labute approximate surface area is 183 Å². The van der Waals surface area contributed by atoms with E-state index in [-0.39, 0.29) is 23.8 Å². The van der Waals surface area contributed by atoms with Crippen LogP contribution in [0.2, 0.25) is 0 Å². The Kier molecular flexibility index (Phi) is 7.37. The molecule has 0 spiro atoms. The first-order valence-corrected chi connectivity index (χ1v) is 11.8. The number of likely N-dealkylation sites (N-methyl/N-ethyl adjacent to an activating group) is 1. The number of nitriles is 1. The summed E-state index contributed by atoms with van der Waals surface area (Å²) in [5, 5.41) is 13.0. The van der Waals surface area contributed by atoms with Crippen LogP contribution < -0.4 is 11.1 Å². The van der Waals surface area contributed by atoms with Gasteiger partial charge in [0.15, 0.2) is 0 Å². The first-order valence-electron chi connectivity index (χ1n) is 11.0. The number of hydrogen-bond donors (Lipinski definition) is 2. The maximum absolute atomic E-state index is 13.3. The average molecular weight is 432 g/mol. The van der Waals surface area contributed by atoms with Gasteiger partial charge in [-0.3, -0.25) is 9.69 Å². The fourth-order valence-electron chi connectivity index (χ4n) is 4.87. The van der Waals surface area contributed by atoms with Gasteiger partial charge in [0.1, 0.15) is 11.1 Å². The summed E-state index contributed by atoms with van der Waals surface area (Å²) < 4.78 is 0. The van der Waals surface area contributed by atoms with Crippen molar-refractivity contribution in [1.29, 1.82) is 5.26 Å². The van der Waals surface area contributed by atoms with Gasteiger partial charge in [-0.1, -0.05) is 20.3 Å². The Morgan fingerprint density at radius 1 is 1.33 bits per heavy atom. The van der Waals surface area contributed by atoms with Gasteiger partial charge in [0.05, 0.1) is 11.5 Å². The molecule has 0 bridgehead atoms. The van der Waals surface area contributed by atoms with Gasteiger partial charge >= 0.3 is 6.03 Å². The van der Waals surface area contributed by atoms with Gasteiger partial charge in [-0.2, -0.15) is 5.26 Å². The number of unbranched alkanes of at least 4 members (excludes halogenated alkanes) is 1. The summed E-state index contributed by atoms with van der Waals surface area (Å²) >= 11 is 1.53. The topological polar surface area (TPSA) is 102 Å². The molecule has 3 N–H and O–H groups in total. The van der Waals surface area contributed by atoms with E-state index in [4.69, 9.17) is 5.73 Å². The SMILES string of the molecule is CCCCNC(=O)N(CCC)C(=O)[C@@H]1C[C@@H]2Cc3c(sc(N)c3C#N)C[C@H]2N(C)C1. The highest BCUT2D eigenvalue weighted by atomic mass is 32.1. The molecule has 0 radical (unpaired) electrons. The van der Waals surface area contributed by atoms with Crippen LogP contribution in [0.25, 0.3) is 0 Å². The number of nitrogens with zero attached hydrogens (tertiary/aromatic N) is 3. The molecule has 1 aliphatic heterocycles. The fraction of sp³-hybridized carbons (Fsp3) is 0.682. The molecule has 1 fully saturated rings. The molecule has 0 unspecified atom stereocenters. The number of carbonyl (C=O) groups excluding carboxylic acids is 2. The molecule has 3 atom stereocenters. The molecule has 1 aromatic heterocycles. The van der Waals surface area contributed by atoms with Gasteiger partial charge in [-0.15, -0.1) is 11.3 Å². The number of urea groups is 1. The number of nitrogen functional groups attached to an aromatic ring is 1. The maximum atomic E-state index is 13.3. The van der Waals surface area contributed by atoms with Crippen LogP contribution in [0.15, 0.2) is 0 Å². The van der Waals surface area contributed by atoms with Crippen molar-refractivity contribution in [3.8, 4) is 6.07 Å². The van der Waals surface area contributed by atoms with Crippen molar-refractivity contribution in [3.63, 3.8) is 0 Å². The molecular formula is C22H33N5O2S. The number of amides is 3. The normalized spacial score (nSPS) is 23.2. The van der Waals surface area contributed by atoms with Crippen molar-refractivity contribution in [1.82, 2.24) is 15.1 Å². The predicted octanol–water partition coefficient (Wildman–Crippen LogP) is 2.99. The number of fused-ring (bicyclic) bond motifs is 2. The van der Waals surface area contributed by atoms with Gasteiger partial charge < -0.3 is 16.0 Å². The maximum Gasteiger partial charge on any atom is 0.324 e. The zero-order valence-corrected chi connectivity index (χ0v) is 19.1. The third-order valence-corrected chi connectivity index (χ3v) is 7.49. The zero-order chi connectivity index (χ0) is 21.8. The van der Waals surface area contributed by atoms with Gasteiger partial charge in [0, 0.05) is 30.6 Å². The first-order chi connectivity index (χ1) is 14.4. The van der Waals surface area contributed by atoms with E-state index < -0.39 is 0 Å². The third kappa shape index (κ3) is 4.47. The summed E-state index contributed by atoms with van der Waals surface area (Å²) in [6.45, 7) is 5.75. The number of hydrogen-bond acceptors (Lipinski definition) is 6. The highest BCUT2D eigenvalue weighted by molar-refractivity contribution is 7.16.